The highest BCUT2D eigenvalue weighted by molar-refractivity contribution is 6.05. The molecule has 2 aromatic rings. The van der Waals surface area contributed by atoms with Gasteiger partial charge in [-0.15, -0.1) is 0 Å². The molecule has 30 heavy (non-hydrogen) atoms. The lowest BCUT2D eigenvalue weighted by Crippen LogP contribution is -2.25. The van der Waals surface area contributed by atoms with Gasteiger partial charge in [0.05, 0.1) is 12.2 Å². The first kappa shape index (κ1) is 21.8. The number of ether oxygens (including phenoxy) is 1. The fourth-order valence-corrected chi connectivity index (χ4v) is 3.89. The summed E-state index contributed by atoms with van der Waals surface area (Å²) in [6, 6.07) is 12.7. The molecule has 3 rings (SSSR count). The van der Waals surface area contributed by atoms with E-state index in [4.69, 9.17) is 4.74 Å². The van der Waals surface area contributed by atoms with Crippen LogP contribution in [-0.2, 0) is 10.2 Å². The summed E-state index contributed by atoms with van der Waals surface area (Å²) in [6.07, 6.45) is 3.31. The van der Waals surface area contributed by atoms with Crippen molar-refractivity contribution in [3.05, 3.63) is 70.8 Å². The van der Waals surface area contributed by atoms with Crippen LogP contribution in [0.5, 0.6) is 0 Å². The molecule has 0 radical (unpaired) electrons. The summed E-state index contributed by atoms with van der Waals surface area (Å²) in [4.78, 5) is 24.7. The number of fused-ring (bicyclic) bond motifs is 1. The Kier molecular flexibility index (Phi) is 5.89. The molecule has 0 aliphatic heterocycles. The Hall–Kier alpha value is -2.88. The minimum atomic E-state index is -0.367. The van der Waals surface area contributed by atoms with Gasteiger partial charge in [-0.2, -0.15) is 0 Å². The highest BCUT2D eigenvalue weighted by Gasteiger charge is 2.32. The molecular formula is C26H31NO3. The zero-order valence-electron chi connectivity index (χ0n) is 18.8. The van der Waals surface area contributed by atoms with E-state index in [-0.39, 0.29) is 22.7 Å². The molecule has 0 saturated heterocycles. The Bertz CT molecular complexity index is 992. The molecule has 1 N–H and O–H groups in total. The van der Waals surface area contributed by atoms with Crippen LogP contribution in [0, 0.1) is 5.41 Å². The third-order valence-electron chi connectivity index (χ3n) is 5.58. The Morgan fingerprint density at radius 1 is 1.03 bits per heavy atom. The van der Waals surface area contributed by atoms with Crippen molar-refractivity contribution in [2.75, 3.05) is 11.9 Å². The van der Waals surface area contributed by atoms with Crippen LogP contribution in [0.2, 0.25) is 0 Å². The zero-order valence-corrected chi connectivity index (χ0v) is 18.8. The number of amides is 1. The van der Waals surface area contributed by atoms with Gasteiger partial charge in [-0.25, -0.2) is 4.79 Å². The summed E-state index contributed by atoms with van der Waals surface area (Å²) in [6.45, 7) is 13.2. The van der Waals surface area contributed by atoms with E-state index in [0.717, 1.165) is 12.0 Å². The van der Waals surface area contributed by atoms with E-state index in [2.05, 4.69) is 52.1 Å². The zero-order chi connectivity index (χ0) is 22.1. The standard InChI is InChI=1S/C26H31NO3/c1-7-30-24(29)17-8-11-19(12-9-17)27-23(28)18-10-13-22-20(16-18)21(25(2,3)4)14-15-26(22,5)6/h8-14,16H,7,15H2,1-6H3,(H,27,28). The van der Waals surface area contributed by atoms with Crippen LogP contribution in [-0.4, -0.2) is 18.5 Å². The van der Waals surface area contributed by atoms with E-state index in [1.54, 1.807) is 31.2 Å². The molecule has 1 aliphatic carbocycles. The molecule has 158 valence electrons. The predicted molar refractivity (Wildman–Crippen MR) is 122 cm³/mol. The molecule has 0 atom stereocenters. The Morgan fingerprint density at radius 2 is 1.67 bits per heavy atom. The van der Waals surface area contributed by atoms with Gasteiger partial charge in [0.1, 0.15) is 0 Å². The average molecular weight is 406 g/mol. The Balaban J connectivity index is 1.86. The van der Waals surface area contributed by atoms with Gasteiger partial charge in [0.25, 0.3) is 5.91 Å². The van der Waals surface area contributed by atoms with E-state index in [1.165, 1.54) is 11.1 Å². The maximum atomic E-state index is 12.9. The van der Waals surface area contributed by atoms with Crippen molar-refractivity contribution in [3.8, 4) is 0 Å². The molecule has 0 unspecified atom stereocenters. The summed E-state index contributed by atoms with van der Waals surface area (Å²) in [7, 11) is 0. The monoisotopic (exact) mass is 405 g/mol. The fourth-order valence-electron chi connectivity index (χ4n) is 3.89. The second-order valence-electron chi connectivity index (χ2n) is 9.47. The minimum absolute atomic E-state index is 0.00325. The molecule has 0 fully saturated rings. The van der Waals surface area contributed by atoms with E-state index >= 15 is 0 Å². The average Bonchev–Trinajstić information content (AvgIpc) is 2.67. The number of rotatable bonds is 4. The molecule has 0 heterocycles. The number of hydrogen-bond donors (Lipinski definition) is 1. The first-order chi connectivity index (χ1) is 14.0. The summed E-state index contributed by atoms with van der Waals surface area (Å²) in [5.74, 6) is -0.535. The smallest absolute Gasteiger partial charge is 0.338 e. The van der Waals surface area contributed by atoms with Crippen LogP contribution in [0.1, 0.15) is 79.8 Å². The number of allylic oxidation sites excluding steroid dienone is 2. The number of anilines is 1. The molecule has 4 heteroatoms. The minimum Gasteiger partial charge on any atom is -0.462 e. The lowest BCUT2D eigenvalue weighted by atomic mass is 9.68. The van der Waals surface area contributed by atoms with Gasteiger partial charge in [-0.05, 0) is 77.3 Å². The van der Waals surface area contributed by atoms with Crippen LogP contribution >= 0.6 is 0 Å². The maximum Gasteiger partial charge on any atom is 0.338 e. The molecule has 0 saturated carbocycles. The van der Waals surface area contributed by atoms with E-state index in [1.807, 2.05) is 12.1 Å². The number of carbonyl (C=O) groups excluding carboxylic acids is 2. The summed E-state index contributed by atoms with van der Waals surface area (Å²) < 4.78 is 4.99. The van der Waals surface area contributed by atoms with Gasteiger partial charge in [0.15, 0.2) is 0 Å². The van der Waals surface area contributed by atoms with Crippen molar-refractivity contribution in [2.45, 2.75) is 53.4 Å². The fraction of sp³-hybridized carbons (Fsp3) is 0.385. The third kappa shape index (κ3) is 4.48. The molecule has 4 nitrogen and oxygen atoms in total. The van der Waals surface area contributed by atoms with Crippen molar-refractivity contribution in [1.82, 2.24) is 0 Å². The van der Waals surface area contributed by atoms with Crippen molar-refractivity contribution in [3.63, 3.8) is 0 Å². The predicted octanol–water partition coefficient (Wildman–Crippen LogP) is 6.23. The van der Waals surface area contributed by atoms with Crippen molar-refractivity contribution in [2.24, 2.45) is 5.41 Å². The molecule has 1 aliphatic rings. The van der Waals surface area contributed by atoms with Gasteiger partial charge in [-0.1, -0.05) is 46.8 Å². The Morgan fingerprint density at radius 3 is 2.27 bits per heavy atom. The molecular weight excluding hydrogens is 374 g/mol. The van der Waals surface area contributed by atoms with Crippen LogP contribution in [0.4, 0.5) is 5.69 Å². The summed E-state index contributed by atoms with van der Waals surface area (Å²) in [5.41, 5.74) is 5.49. The molecule has 1 amide bonds. The molecule has 0 spiro atoms. The van der Waals surface area contributed by atoms with Crippen LogP contribution in [0.25, 0.3) is 5.57 Å². The summed E-state index contributed by atoms with van der Waals surface area (Å²) in [5, 5.41) is 2.93. The van der Waals surface area contributed by atoms with Crippen LogP contribution in [0.15, 0.2) is 48.5 Å². The molecule has 2 aromatic carbocycles. The first-order valence-corrected chi connectivity index (χ1v) is 10.5. The van der Waals surface area contributed by atoms with Crippen LogP contribution in [0.3, 0.4) is 0 Å². The van der Waals surface area contributed by atoms with E-state index in [9.17, 15) is 9.59 Å². The second kappa shape index (κ2) is 8.10. The quantitative estimate of drug-likeness (QED) is 0.614. The van der Waals surface area contributed by atoms with Crippen molar-refractivity contribution in [1.29, 1.82) is 0 Å². The summed E-state index contributed by atoms with van der Waals surface area (Å²) >= 11 is 0. The number of benzene rings is 2. The highest BCUT2D eigenvalue weighted by atomic mass is 16.5. The number of hydrogen-bond acceptors (Lipinski definition) is 3. The highest BCUT2D eigenvalue weighted by Crippen LogP contribution is 2.45. The number of esters is 1. The lowest BCUT2D eigenvalue weighted by molar-refractivity contribution is 0.0526. The topological polar surface area (TPSA) is 55.4 Å². The second-order valence-corrected chi connectivity index (χ2v) is 9.47. The maximum absolute atomic E-state index is 12.9. The first-order valence-electron chi connectivity index (χ1n) is 10.5. The SMILES string of the molecule is CCOC(=O)c1ccc(NC(=O)c2ccc3c(c2)C(C(C)(C)C)=CCC3(C)C)cc1. The number of carbonyl (C=O) groups is 2. The van der Waals surface area contributed by atoms with Gasteiger partial charge in [-0.3, -0.25) is 4.79 Å². The molecule has 0 bridgehead atoms. The largest absolute Gasteiger partial charge is 0.462 e. The van der Waals surface area contributed by atoms with Crippen LogP contribution < -0.4 is 5.32 Å². The normalized spacial score (nSPS) is 15.1. The van der Waals surface area contributed by atoms with E-state index in [0.29, 0.717) is 23.4 Å². The lowest BCUT2D eigenvalue weighted by Gasteiger charge is -2.36. The Labute approximate surface area is 179 Å². The number of nitrogens with one attached hydrogen (secondary N) is 1. The van der Waals surface area contributed by atoms with Gasteiger partial charge < -0.3 is 10.1 Å². The van der Waals surface area contributed by atoms with Crippen molar-refractivity contribution < 1.29 is 14.3 Å². The molecule has 0 aromatic heterocycles. The van der Waals surface area contributed by atoms with Gasteiger partial charge in [0, 0.05) is 11.3 Å². The van der Waals surface area contributed by atoms with Gasteiger partial charge >= 0.3 is 5.97 Å². The van der Waals surface area contributed by atoms with Crippen molar-refractivity contribution >= 4 is 23.1 Å². The third-order valence-corrected chi connectivity index (χ3v) is 5.58. The van der Waals surface area contributed by atoms with E-state index < -0.39 is 0 Å². The van der Waals surface area contributed by atoms with Gasteiger partial charge in [0.2, 0.25) is 0 Å².